The molecule has 0 aromatic carbocycles. The van der Waals surface area contributed by atoms with E-state index in [0.717, 1.165) is 25.5 Å². The lowest BCUT2D eigenvalue weighted by molar-refractivity contribution is -0.160. The maximum absolute atomic E-state index is 12.9. The molecule has 0 heterocycles. The molecule has 1 rings (SSSR count). The van der Waals surface area contributed by atoms with E-state index in [1.807, 2.05) is 13.8 Å². The van der Waals surface area contributed by atoms with Gasteiger partial charge in [0.05, 0.1) is 5.92 Å². The molecule has 4 heteroatoms. The van der Waals surface area contributed by atoms with Crippen molar-refractivity contribution in [3.63, 3.8) is 0 Å². The Bertz CT molecular complexity index is 275. The number of allylic oxidation sites excluding steroid dienone is 4. The van der Waals surface area contributed by atoms with Crippen LogP contribution in [0.25, 0.3) is 0 Å². The van der Waals surface area contributed by atoms with Gasteiger partial charge in [-0.3, -0.25) is 0 Å². The predicted molar refractivity (Wildman–Crippen MR) is 67.5 cm³/mol. The SMILES string of the molecule is CCCB(CCC)C1C=CC=CC1C(F)(F)F. The lowest BCUT2D eigenvalue weighted by atomic mass is 9.34. The Morgan fingerprint density at radius 1 is 1.00 bits per heavy atom. The normalized spacial score (nSPS) is 24.1. The van der Waals surface area contributed by atoms with Crippen LogP contribution in [0.1, 0.15) is 26.7 Å². The average molecular weight is 244 g/mol. The molecule has 0 nitrogen and oxygen atoms in total. The number of rotatable bonds is 5. The summed E-state index contributed by atoms with van der Waals surface area (Å²) in [4.78, 5) is 0. The summed E-state index contributed by atoms with van der Waals surface area (Å²) in [6, 6.07) is 0. The highest BCUT2D eigenvalue weighted by Crippen LogP contribution is 2.42. The second-order valence-electron chi connectivity index (χ2n) is 4.75. The van der Waals surface area contributed by atoms with Crippen LogP contribution in [0.3, 0.4) is 0 Å². The van der Waals surface area contributed by atoms with E-state index in [1.165, 1.54) is 12.2 Å². The summed E-state index contributed by atoms with van der Waals surface area (Å²) in [5.74, 6) is -1.67. The van der Waals surface area contributed by atoms with Crippen LogP contribution in [0, 0.1) is 5.92 Å². The summed E-state index contributed by atoms with van der Waals surface area (Å²) in [7, 11) is 0. The molecule has 0 saturated carbocycles. The van der Waals surface area contributed by atoms with E-state index in [2.05, 4.69) is 0 Å². The van der Waals surface area contributed by atoms with Gasteiger partial charge >= 0.3 is 6.18 Å². The molecule has 0 bridgehead atoms. The van der Waals surface area contributed by atoms with Gasteiger partial charge in [-0.25, -0.2) is 0 Å². The molecule has 0 fully saturated rings. The zero-order chi connectivity index (χ0) is 12.9. The monoisotopic (exact) mass is 244 g/mol. The van der Waals surface area contributed by atoms with Gasteiger partial charge < -0.3 is 0 Å². The summed E-state index contributed by atoms with van der Waals surface area (Å²) in [6.07, 6.45) is 5.86. The smallest absolute Gasteiger partial charge is 0.170 e. The van der Waals surface area contributed by atoms with Gasteiger partial charge in [-0.1, -0.05) is 63.6 Å². The predicted octanol–water partition coefficient (Wildman–Crippen LogP) is 4.98. The third kappa shape index (κ3) is 3.93. The Hall–Kier alpha value is -0.665. The van der Waals surface area contributed by atoms with Crippen LogP contribution in [-0.2, 0) is 0 Å². The highest BCUT2D eigenvalue weighted by molar-refractivity contribution is 6.61. The molecular weight excluding hydrogens is 224 g/mol. The molecule has 0 saturated heterocycles. The molecule has 0 amide bonds. The Labute approximate surface area is 102 Å². The highest BCUT2D eigenvalue weighted by atomic mass is 19.4. The van der Waals surface area contributed by atoms with Gasteiger partial charge in [-0.05, 0) is 5.82 Å². The fourth-order valence-electron chi connectivity index (χ4n) is 2.67. The standard InChI is InChI=1S/C13H20BF3/c1-3-9-14(10-4-2)12-8-6-5-7-11(12)13(15,16)17/h5-8,11-12H,3-4,9-10H2,1-2H3. The topological polar surface area (TPSA) is 0 Å². The molecule has 1 aliphatic rings. The van der Waals surface area contributed by atoms with Crippen molar-refractivity contribution >= 4 is 6.71 Å². The molecule has 17 heavy (non-hydrogen) atoms. The zero-order valence-corrected chi connectivity index (χ0v) is 10.5. The van der Waals surface area contributed by atoms with Crippen LogP contribution >= 0.6 is 0 Å². The fraction of sp³-hybridized carbons (Fsp3) is 0.692. The van der Waals surface area contributed by atoms with E-state index in [-0.39, 0.29) is 12.5 Å². The molecule has 96 valence electrons. The van der Waals surface area contributed by atoms with Crippen molar-refractivity contribution in [2.24, 2.45) is 5.92 Å². The van der Waals surface area contributed by atoms with Crippen molar-refractivity contribution in [1.29, 1.82) is 0 Å². The molecule has 1 aliphatic carbocycles. The molecule has 0 N–H and O–H groups in total. The molecular formula is C13H20BF3. The second-order valence-corrected chi connectivity index (χ2v) is 4.75. The van der Waals surface area contributed by atoms with Crippen LogP contribution in [0.4, 0.5) is 13.2 Å². The minimum Gasteiger partial charge on any atom is -0.170 e. The molecule has 0 radical (unpaired) electrons. The van der Waals surface area contributed by atoms with Gasteiger partial charge in [0.2, 0.25) is 0 Å². The largest absolute Gasteiger partial charge is 0.395 e. The number of hydrogen-bond donors (Lipinski definition) is 0. The van der Waals surface area contributed by atoms with Crippen molar-refractivity contribution in [1.82, 2.24) is 0 Å². The Balaban J connectivity index is 2.83. The van der Waals surface area contributed by atoms with Crippen molar-refractivity contribution in [3.05, 3.63) is 24.3 Å². The summed E-state index contributed by atoms with van der Waals surface area (Å²) < 4.78 is 38.8. The van der Waals surface area contributed by atoms with Crippen molar-refractivity contribution in [2.45, 2.75) is 51.3 Å². The van der Waals surface area contributed by atoms with Gasteiger partial charge in [0.1, 0.15) is 6.71 Å². The Morgan fingerprint density at radius 3 is 2.00 bits per heavy atom. The maximum atomic E-state index is 12.9. The van der Waals surface area contributed by atoms with Crippen molar-refractivity contribution in [3.8, 4) is 0 Å². The number of halogens is 3. The molecule has 2 unspecified atom stereocenters. The minimum absolute atomic E-state index is 0.151. The first-order chi connectivity index (χ1) is 8.00. The fourth-order valence-corrected chi connectivity index (χ4v) is 2.67. The summed E-state index contributed by atoms with van der Waals surface area (Å²) in [5, 5.41) is 0. The van der Waals surface area contributed by atoms with E-state index < -0.39 is 12.1 Å². The third-order valence-electron chi connectivity index (χ3n) is 3.42. The van der Waals surface area contributed by atoms with Gasteiger partial charge in [0.25, 0.3) is 0 Å². The van der Waals surface area contributed by atoms with E-state index in [1.54, 1.807) is 12.2 Å². The van der Waals surface area contributed by atoms with Crippen molar-refractivity contribution in [2.75, 3.05) is 0 Å². The summed E-state index contributed by atoms with van der Waals surface area (Å²) in [5.41, 5.74) is 0. The van der Waals surface area contributed by atoms with Crippen LogP contribution in [-0.4, -0.2) is 12.9 Å². The van der Waals surface area contributed by atoms with Gasteiger partial charge in [0.15, 0.2) is 0 Å². The molecule has 0 aromatic heterocycles. The van der Waals surface area contributed by atoms with E-state index in [0.29, 0.717) is 0 Å². The quantitative estimate of drug-likeness (QED) is 0.598. The van der Waals surface area contributed by atoms with E-state index in [9.17, 15) is 13.2 Å². The first-order valence-corrected chi connectivity index (χ1v) is 6.42. The summed E-state index contributed by atoms with van der Waals surface area (Å²) >= 11 is 0. The number of alkyl halides is 3. The van der Waals surface area contributed by atoms with Gasteiger partial charge in [-0.15, -0.1) is 0 Å². The first-order valence-electron chi connectivity index (χ1n) is 6.42. The highest BCUT2D eigenvalue weighted by Gasteiger charge is 2.45. The number of hydrogen-bond acceptors (Lipinski definition) is 0. The molecule has 0 aliphatic heterocycles. The lowest BCUT2D eigenvalue weighted by Gasteiger charge is -2.31. The van der Waals surface area contributed by atoms with Gasteiger partial charge in [-0.2, -0.15) is 13.2 Å². The minimum atomic E-state index is -4.12. The van der Waals surface area contributed by atoms with Crippen LogP contribution in [0.2, 0.25) is 18.5 Å². The van der Waals surface area contributed by atoms with Crippen LogP contribution < -0.4 is 0 Å². The lowest BCUT2D eigenvalue weighted by Crippen LogP contribution is -2.34. The third-order valence-corrected chi connectivity index (χ3v) is 3.42. The van der Waals surface area contributed by atoms with E-state index in [4.69, 9.17) is 0 Å². The van der Waals surface area contributed by atoms with Gasteiger partial charge in [0, 0.05) is 0 Å². The Kier molecular flexibility index (Phi) is 5.35. The van der Waals surface area contributed by atoms with Crippen LogP contribution in [0.5, 0.6) is 0 Å². The maximum Gasteiger partial charge on any atom is 0.395 e. The first kappa shape index (κ1) is 14.4. The zero-order valence-electron chi connectivity index (χ0n) is 10.5. The van der Waals surface area contributed by atoms with Crippen molar-refractivity contribution < 1.29 is 13.2 Å². The molecule has 0 spiro atoms. The van der Waals surface area contributed by atoms with Crippen LogP contribution in [0.15, 0.2) is 24.3 Å². The average Bonchev–Trinajstić information content (AvgIpc) is 2.28. The molecule has 2 atom stereocenters. The Morgan fingerprint density at radius 2 is 1.53 bits per heavy atom. The summed E-state index contributed by atoms with van der Waals surface area (Å²) in [6.45, 7) is 4.22. The van der Waals surface area contributed by atoms with E-state index >= 15 is 0 Å². The molecule has 0 aromatic rings. The second kappa shape index (κ2) is 6.32.